The fraction of sp³-hybridized carbons (Fsp3) is 0.167. The second-order valence-corrected chi connectivity index (χ2v) is 5.78. The van der Waals surface area contributed by atoms with E-state index in [0.717, 1.165) is 18.2 Å². The van der Waals surface area contributed by atoms with Gasteiger partial charge in [0.05, 0.1) is 5.92 Å². The van der Waals surface area contributed by atoms with Crippen molar-refractivity contribution in [3.8, 4) is 0 Å². The van der Waals surface area contributed by atoms with Crippen LogP contribution in [-0.4, -0.2) is 24.3 Å². The third-order valence-corrected chi connectivity index (χ3v) is 4.05. The van der Waals surface area contributed by atoms with Gasteiger partial charge in [0, 0.05) is 18.7 Å². The maximum atomic E-state index is 13.6. The van der Waals surface area contributed by atoms with E-state index in [1.807, 2.05) is 11.5 Å². The van der Waals surface area contributed by atoms with Gasteiger partial charge in [-0.2, -0.15) is 0 Å². The Labute approximate surface area is 147 Å². The first kappa shape index (κ1) is 17.5. The molecular formula is C18H15F2N3O3. The lowest BCUT2D eigenvalue weighted by molar-refractivity contribution is -0.126. The summed E-state index contributed by atoms with van der Waals surface area (Å²) in [6.07, 6.45) is -0.0232. The Morgan fingerprint density at radius 3 is 2.27 bits per heavy atom. The average molecular weight is 359 g/mol. The molecule has 0 unspecified atom stereocenters. The minimum atomic E-state index is -1.11. The lowest BCUT2D eigenvalue weighted by Gasteiger charge is -2.16. The number of carbonyl (C=O) groups excluding carboxylic acids is 3. The van der Waals surface area contributed by atoms with Crippen LogP contribution in [0.2, 0.25) is 0 Å². The van der Waals surface area contributed by atoms with Crippen molar-refractivity contribution in [2.24, 2.45) is 5.92 Å². The summed E-state index contributed by atoms with van der Waals surface area (Å²) in [5.74, 6) is -4.71. The molecule has 134 valence electrons. The molecule has 0 saturated carbocycles. The summed E-state index contributed by atoms with van der Waals surface area (Å²) in [6, 6.07) is 11.9. The lowest BCUT2D eigenvalue weighted by Crippen LogP contribution is -2.45. The van der Waals surface area contributed by atoms with E-state index in [1.54, 1.807) is 24.3 Å². The molecule has 3 amide bonds. The number of nitrogens with one attached hydrogen (secondary N) is 2. The highest BCUT2D eigenvalue weighted by Gasteiger charge is 2.35. The Hall–Kier alpha value is -3.29. The lowest BCUT2D eigenvalue weighted by atomic mass is 10.1. The third-order valence-electron chi connectivity index (χ3n) is 4.05. The van der Waals surface area contributed by atoms with Crippen molar-refractivity contribution in [1.29, 1.82) is 0 Å². The number of para-hydroxylation sites is 1. The van der Waals surface area contributed by atoms with Crippen LogP contribution < -0.4 is 15.8 Å². The van der Waals surface area contributed by atoms with E-state index in [1.165, 1.54) is 4.90 Å². The maximum absolute atomic E-state index is 13.6. The summed E-state index contributed by atoms with van der Waals surface area (Å²) < 4.78 is 27.1. The van der Waals surface area contributed by atoms with Gasteiger partial charge < -0.3 is 4.90 Å². The number of amides is 3. The Balaban J connectivity index is 1.61. The van der Waals surface area contributed by atoms with Crippen molar-refractivity contribution in [1.82, 2.24) is 10.9 Å². The van der Waals surface area contributed by atoms with Crippen molar-refractivity contribution in [2.45, 2.75) is 6.42 Å². The zero-order valence-electron chi connectivity index (χ0n) is 13.5. The van der Waals surface area contributed by atoms with Gasteiger partial charge in [0.1, 0.15) is 17.2 Å². The Kier molecular flexibility index (Phi) is 4.92. The van der Waals surface area contributed by atoms with Gasteiger partial charge in [0.2, 0.25) is 11.8 Å². The Bertz CT molecular complexity index is 838. The molecule has 2 aromatic carbocycles. The Morgan fingerprint density at radius 1 is 0.962 bits per heavy atom. The van der Waals surface area contributed by atoms with Crippen LogP contribution in [0.1, 0.15) is 16.8 Å². The molecule has 1 heterocycles. The van der Waals surface area contributed by atoms with Crippen LogP contribution in [0.3, 0.4) is 0 Å². The van der Waals surface area contributed by atoms with Gasteiger partial charge in [-0.3, -0.25) is 25.2 Å². The molecule has 2 aromatic rings. The first-order chi connectivity index (χ1) is 12.5. The second-order valence-electron chi connectivity index (χ2n) is 5.78. The van der Waals surface area contributed by atoms with Crippen LogP contribution in [0.4, 0.5) is 14.5 Å². The molecule has 0 bridgehead atoms. The molecule has 2 N–H and O–H groups in total. The van der Waals surface area contributed by atoms with Crippen LogP contribution in [-0.2, 0) is 9.59 Å². The number of carbonyl (C=O) groups is 3. The molecule has 6 nitrogen and oxygen atoms in total. The standard InChI is InChI=1S/C18H15F2N3O3/c19-13-7-4-8-14(20)16(13)18(26)22-21-17(25)11-9-15(24)23(10-11)12-5-2-1-3-6-12/h1-8,11H,9-10H2,(H,21,25)(H,22,26)/t11-/m0/s1. The van der Waals surface area contributed by atoms with E-state index in [-0.39, 0.29) is 18.9 Å². The molecule has 26 heavy (non-hydrogen) atoms. The van der Waals surface area contributed by atoms with E-state index < -0.39 is 34.9 Å². The molecule has 0 aliphatic carbocycles. The van der Waals surface area contributed by atoms with Gasteiger partial charge >= 0.3 is 0 Å². The van der Waals surface area contributed by atoms with Gasteiger partial charge in [-0.15, -0.1) is 0 Å². The number of anilines is 1. The van der Waals surface area contributed by atoms with Crippen molar-refractivity contribution in [3.05, 3.63) is 65.7 Å². The zero-order chi connectivity index (χ0) is 18.7. The largest absolute Gasteiger partial charge is 0.312 e. The first-order valence-electron chi connectivity index (χ1n) is 7.87. The highest BCUT2D eigenvalue weighted by Crippen LogP contribution is 2.24. The summed E-state index contributed by atoms with van der Waals surface area (Å²) in [6.45, 7) is 0.151. The molecule has 1 aliphatic rings. The summed E-state index contributed by atoms with van der Waals surface area (Å²) >= 11 is 0. The number of hydrogen-bond donors (Lipinski definition) is 2. The molecule has 1 saturated heterocycles. The zero-order valence-corrected chi connectivity index (χ0v) is 13.5. The van der Waals surface area contributed by atoms with E-state index in [2.05, 4.69) is 5.43 Å². The third kappa shape index (κ3) is 3.53. The van der Waals surface area contributed by atoms with Crippen LogP contribution in [0.15, 0.2) is 48.5 Å². The van der Waals surface area contributed by atoms with Crippen molar-refractivity contribution in [2.75, 3.05) is 11.4 Å². The minimum Gasteiger partial charge on any atom is -0.312 e. The number of benzene rings is 2. The summed E-state index contributed by atoms with van der Waals surface area (Å²) in [7, 11) is 0. The molecule has 3 rings (SSSR count). The predicted molar refractivity (Wildman–Crippen MR) is 88.9 cm³/mol. The number of hydrazine groups is 1. The summed E-state index contributed by atoms with van der Waals surface area (Å²) in [5, 5.41) is 0. The van der Waals surface area contributed by atoms with Gasteiger partial charge in [-0.25, -0.2) is 8.78 Å². The monoisotopic (exact) mass is 359 g/mol. The smallest absolute Gasteiger partial charge is 0.275 e. The van der Waals surface area contributed by atoms with Gasteiger partial charge in [0.15, 0.2) is 0 Å². The number of halogens is 2. The molecule has 0 aromatic heterocycles. The van der Waals surface area contributed by atoms with E-state index in [4.69, 9.17) is 0 Å². The molecule has 0 radical (unpaired) electrons. The molecule has 1 fully saturated rings. The normalized spacial score (nSPS) is 16.5. The molecule has 1 atom stereocenters. The highest BCUT2D eigenvalue weighted by molar-refractivity contribution is 6.01. The van der Waals surface area contributed by atoms with Crippen molar-refractivity contribution < 1.29 is 23.2 Å². The summed E-state index contributed by atoms with van der Waals surface area (Å²) in [5.41, 5.74) is 3.98. The van der Waals surface area contributed by atoms with Crippen molar-refractivity contribution in [3.63, 3.8) is 0 Å². The van der Waals surface area contributed by atoms with Crippen LogP contribution in [0, 0.1) is 17.6 Å². The fourth-order valence-corrected chi connectivity index (χ4v) is 2.74. The second kappa shape index (κ2) is 7.30. The van der Waals surface area contributed by atoms with E-state index in [0.29, 0.717) is 5.69 Å². The molecule has 8 heteroatoms. The van der Waals surface area contributed by atoms with Gasteiger partial charge in [-0.05, 0) is 24.3 Å². The fourth-order valence-electron chi connectivity index (χ4n) is 2.74. The maximum Gasteiger partial charge on any atom is 0.275 e. The topological polar surface area (TPSA) is 78.5 Å². The first-order valence-corrected chi connectivity index (χ1v) is 7.87. The van der Waals surface area contributed by atoms with Gasteiger partial charge in [-0.1, -0.05) is 24.3 Å². The van der Waals surface area contributed by atoms with E-state index in [9.17, 15) is 23.2 Å². The van der Waals surface area contributed by atoms with Crippen LogP contribution >= 0.6 is 0 Å². The van der Waals surface area contributed by atoms with Crippen LogP contribution in [0.25, 0.3) is 0 Å². The molecular weight excluding hydrogens is 344 g/mol. The van der Waals surface area contributed by atoms with Crippen LogP contribution in [0.5, 0.6) is 0 Å². The highest BCUT2D eigenvalue weighted by atomic mass is 19.1. The number of hydrogen-bond acceptors (Lipinski definition) is 3. The van der Waals surface area contributed by atoms with Crippen molar-refractivity contribution >= 4 is 23.4 Å². The average Bonchev–Trinajstić information content (AvgIpc) is 3.02. The minimum absolute atomic E-state index is 0.0232. The predicted octanol–water partition coefficient (Wildman–Crippen LogP) is 1.78. The molecule has 1 aliphatic heterocycles. The Morgan fingerprint density at radius 2 is 1.62 bits per heavy atom. The number of nitrogens with zero attached hydrogens (tertiary/aromatic N) is 1. The quantitative estimate of drug-likeness (QED) is 0.820. The molecule has 0 spiro atoms. The van der Waals surface area contributed by atoms with Gasteiger partial charge in [0.25, 0.3) is 5.91 Å². The SMILES string of the molecule is O=C(NNC(=O)[C@H]1CC(=O)N(c2ccccc2)C1)c1c(F)cccc1F. The van der Waals surface area contributed by atoms with E-state index >= 15 is 0 Å². The number of rotatable bonds is 3. The summed E-state index contributed by atoms with van der Waals surface area (Å²) in [4.78, 5) is 37.6.